The topological polar surface area (TPSA) is 68.5 Å². The van der Waals surface area contributed by atoms with E-state index in [9.17, 15) is 9.59 Å². The number of amides is 1. The molecular formula is C20H19NO4. The molecule has 0 aliphatic carbocycles. The van der Waals surface area contributed by atoms with Crippen molar-refractivity contribution in [2.45, 2.75) is 20.3 Å². The van der Waals surface area contributed by atoms with Crippen LogP contribution in [0.15, 0.2) is 47.1 Å². The van der Waals surface area contributed by atoms with Crippen molar-refractivity contribution in [1.82, 2.24) is 0 Å². The summed E-state index contributed by atoms with van der Waals surface area (Å²) in [7, 11) is 1.34. The van der Waals surface area contributed by atoms with Gasteiger partial charge in [-0.3, -0.25) is 4.79 Å². The van der Waals surface area contributed by atoms with Crippen LogP contribution in [-0.4, -0.2) is 19.0 Å². The second kappa shape index (κ2) is 6.81. The minimum absolute atomic E-state index is 0.141. The van der Waals surface area contributed by atoms with E-state index in [0.717, 1.165) is 27.7 Å². The van der Waals surface area contributed by atoms with Gasteiger partial charge < -0.3 is 14.5 Å². The molecule has 1 heterocycles. The summed E-state index contributed by atoms with van der Waals surface area (Å²) in [5.41, 5.74) is 4.65. The van der Waals surface area contributed by atoms with Crippen LogP contribution in [0, 0.1) is 13.8 Å². The van der Waals surface area contributed by atoms with E-state index in [-0.39, 0.29) is 12.3 Å². The predicted molar refractivity (Wildman–Crippen MR) is 95.8 cm³/mol. The third-order valence-electron chi connectivity index (χ3n) is 4.08. The molecule has 128 valence electrons. The highest BCUT2D eigenvalue weighted by molar-refractivity contribution is 5.97. The minimum atomic E-state index is -0.402. The molecule has 1 N–H and O–H groups in total. The number of methoxy groups -OCH3 is 1. The molecule has 0 atom stereocenters. The number of benzene rings is 2. The SMILES string of the molecule is COC(=O)c1ccc(NC(=O)Cc2coc3cc(C)ccc23)c(C)c1. The number of esters is 1. The van der Waals surface area contributed by atoms with Crippen LogP contribution in [0.3, 0.4) is 0 Å². The van der Waals surface area contributed by atoms with Crippen LogP contribution in [0.25, 0.3) is 11.0 Å². The smallest absolute Gasteiger partial charge is 0.337 e. The number of hydrogen-bond acceptors (Lipinski definition) is 4. The van der Waals surface area contributed by atoms with Crippen LogP contribution in [-0.2, 0) is 16.0 Å². The van der Waals surface area contributed by atoms with Gasteiger partial charge in [0.2, 0.25) is 5.91 Å². The van der Waals surface area contributed by atoms with E-state index in [1.807, 2.05) is 32.0 Å². The molecule has 0 spiro atoms. The Morgan fingerprint density at radius 1 is 1.12 bits per heavy atom. The van der Waals surface area contributed by atoms with Gasteiger partial charge in [-0.05, 0) is 49.2 Å². The van der Waals surface area contributed by atoms with Gasteiger partial charge in [-0.2, -0.15) is 0 Å². The zero-order valence-electron chi connectivity index (χ0n) is 14.4. The van der Waals surface area contributed by atoms with E-state index in [4.69, 9.17) is 9.15 Å². The van der Waals surface area contributed by atoms with E-state index in [1.54, 1.807) is 24.5 Å². The maximum Gasteiger partial charge on any atom is 0.337 e. The summed E-state index contributed by atoms with van der Waals surface area (Å²) >= 11 is 0. The van der Waals surface area contributed by atoms with Crippen LogP contribution < -0.4 is 5.32 Å². The summed E-state index contributed by atoms with van der Waals surface area (Å²) < 4.78 is 10.2. The molecule has 0 saturated heterocycles. The first-order valence-corrected chi connectivity index (χ1v) is 7.93. The third-order valence-corrected chi connectivity index (χ3v) is 4.08. The molecule has 25 heavy (non-hydrogen) atoms. The molecule has 0 radical (unpaired) electrons. The lowest BCUT2D eigenvalue weighted by Gasteiger charge is -2.09. The number of anilines is 1. The number of fused-ring (bicyclic) bond motifs is 1. The quantitative estimate of drug-likeness (QED) is 0.730. The van der Waals surface area contributed by atoms with Crippen molar-refractivity contribution in [2.75, 3.05) is 12.4 Å². The van der Waals surface area contributed by atoms with Crippen molar-refractivity contribution in [3.05, 3.63) is 64.9 Å². The first-order chi connectivity index (χ1) is 12.0. The van der Waals surface area contributed by atoms with Crippen LogP contribution in [0.5, 0.6) is 0 Å². The molecule has 3 rings (SSSR count). The Balaban J connectivity index is 1.75. The monoisotopic (exact) mass is 337 g/mol. The Hall–Kier alpha value is -3.08. The standard InChI is InChI=1S/C20H19NO4/c1-12-4-6-16-15(11-25-18(16)8-12)10-19(22)21-17-7-5-14(9-13(17)2)20(23)24-3/h4-9,11H,10H2,1-3H3,(H,21,22). The normalized spacial score (nSPS) is 10.7. The van der Waals surface area contributed by atoms with E-state index >= 15 is 0 Å². The highest BCUT2D eigenvalue weighted by atomic mass is 16.5. The highest BCUT2D eigenvalue weighted by Gasteiger charge is 2.13. The summed E-state index contributed by atoms with van der Waals surface area (Å²) in [6, 6.07) is 10.9. The number of furan rings is 1. The zero-order valence-corrected chi connectivity index (χ0v) is 14.4. The van der Waals surface area contributed by atoms with Gasteiger partial charge in [0.25, 0.3) is 0 Å². The van der Waals surface area contributed by atoms with Crippen LogP contribution in [0.2, 0.25) is 0 Å². The van der Waals surface area contributed by atoms with E-state index in [1.165, 1.54) is 7.11 Å². The van der Waals surface area contributed by atoms with Gasteiger partial charge in [0.05, 0.1) is 25.4 Å². The number of hydrogen-bond donors (Lipinski definition) is 1. The number of aryl methyl sites for hydroxylation is 2. The second-order valence-electron chi connectivity index (χ2n) is 6.01. The summed E-state index contributed by atoms with van der Waals surface area (Å²) in [5, 5.41) is 3.82. The van der Waals surface area contributed by atoms with Gasteiger partial charge in [-0.15, -0.1) is 0 Å². The molecule has 0 fully saturated rings. The Labute approximate surface area is 145 Å². The molecule has 1 aromatic heterocycles. The Morgan fingerprint density at radius 2 is 1.92 bits per heavy atom. The molecule has 3 aromatic rings. The van der Waals surface area contributed by atoms with Crippen molar-refractivity contribution >= 4 is 28.5 Å². The van der Waals surface area contributed by atoms with Gasteiger partial charge in [0.1, 0.15) is 5.58 Å². The van der Waals surface area contributed by atoms with Crippen molar-refractivity contribution in [2.24, 2.45) is 0 Å². The summed E-state index contributed by atoms with van der Waals surface area (Å²) in [4.78, 5) is 23.9. The van der Waals surface area contributed by atoms with Gasteiger partial charge in [0, 0.05) is 16.6 Å². The third kappa shape index (κ3) is 3.55. The summed E-state index contributed by atoms with van der Waals surface area (Å²) in [6.07, 6.45) is 1.84. The number of carbonyl (C=O) groups excluding carboxylic acids is 2. The lowest BCUT2D eigenvalue weighted by Crippen LogP contribution is -2.15. The van der Waals surface area contributed by atoms with Crippen LogP contribution in [0.1, 0.15) is 27.0 Å². The number of rotatable bonds is 4. The van der Waals surface area contributed by atoms with Crippen molar-refractivity contribution < 1.29 is 18.7 Å². The molecule has 2 aromatic carbocycles. The molecule has 0 saturated carbocycles. The number of nitrogens with one attached hydrogen (secondary N) is 1. The molecule has 1 amide bonds. The maximum atomic E-state index is 12.4. The van der Waals surface area contributed by atoms with Gasteiger partial charge in [-0.25, -0.2) is 4.79 Å². The molecule has 0 aliphatic rings. The van der Waals surface area contributed by atoms with E-state index in [0.29, 0.717) is 11.3 Å². The first-order valence-electron chi connectivity index (χ1n) is 7.93. The van der Waals surface area contributed by atoms with Crippen LogP contribution >= 0.6 is 0 Å². The molecule has 0 bridgehead atoms. The van der Waals surface area contributed by atoms with Gasteiger partial charge >= 0.3 is 5.97 Å². The Morgan fingerprint density at radius 3 is 2.64 bits per heavy atom. The maximum absolute atomic E-state index is 12.4. The van der Waals surface area contributed by atoms with E-state index < -0.39 is 5.97 Å². The molecule has 5 heteroatoms. The fourth-order valence-corrected chi connectivity index (χ4v) is 2.74. The average Bonchev–Trinajstić information content (AvgIpc) is 2.97. The van der Waals surface area contributed by atoms with Crippen molar-refractivity contribution in [1.29, 1.82) is 0 Å². The van der Waals surface area contributed by atoms with Crippen LogP contribution in [0.4, 0.5) is 5.69 Å². The summed E-state index contributed by atoms with van der Waals surface area (Å²) in [5.74, 6) is -0.543. The lowest BCUT2D eigenvalue weighted by molar-refractivity contribution is -0.115. The minimum Gasteiger partial charge on any atom is -0.465 e. The lowest BCUT2D eigenvalue weighted by atomic mass is 10.1. The van der Waals surface area contributed by atoms with E-state index in [2.05, 4.69) is 5.32 Å². The Kier molecular flexibility index (Phi) is 4.57. The molecule has 0 aliphatic heterocycles. The molecule has 0 unspecified atom stereocenters. The molecule has 5 nitrogen and oxygen atoms in total. The number of ether oxygens (including phenoxy) is 1. The fourth-order valence-electron chi connectivity index (χ4n) is 2.74. The zero-order chi connectivity index (χ0) is 18.0. The first kappa shape index (κ1) is 16.8. The number of carbonyl (C=O) groups is 2. The van der Waals surface area contributed by atoms with Crippen molar-refractivity contribution in [3.8, 4) is 0 Å². The van der Waals surface area contributed by atoms with Gasteiger partial charge in [-0.1, -0.05) is 12.1 Å². The highest BCUT2D eigenvalue weighted by Crippen LogP contribution is 2.23. The van der Waals surface area contributed by atoms with Crippen molar-refractivity contribution in [3.63, 3.8) is 0 Å². The summed E-state index contributed by atoms with van der Waals surface area (Å²) in [6.45, 7) is 3.83. The second-order valence-corrected chi connectivity index (χ2v) is 6.01. The Bertz CT molecular complexity index is 955. The predicted octanol–water partition coefficient (Wildman–Crippen LogP) is 4.02. The largest absolute Gasteiger partial charge is 0.465 e. The molecular weight excluding hydrogens is 318 g/mol. The average molecular weight is 337 g/mol. The van der Waals surface area contributed by atoms with Gasteiger partial charge in [0.15, 0.2) is 0 Å². The fraction of sp³-hybridized carbons (Fsp3) is 0.200.